The smallest absolute Gasteiger partial charge is 0.261 e. The summed E-state index contributed by atoms with van der Waals surface area (Å²) >= 11 is 5.88. The fourth-order valence-electron chi connectivity index (χ4n) is 2.75. The van der Waals surface area contributed by atoms with Crippen molar-refractivity contribution in [2.24, 2.45) is 0 Å². The molecule has 1 fully saturated rings. The molecule has 4 nitrogen and oxygen atoms in total. The normalized spacial score (nSPS) is 14.7. The molecule has 1 heterocycles. The number of aromatic nitrogens is 1. The molecule has 3 rings (SSSR count). The Morgan fingerprint density at radius 2 is 2.00 bits per heavy atom. The number of nitrogens with one attached hydrogen (secondary N) is 2. The van der Waals surface area contributed by atoms with Gasteiger partial charge in [-0.05, 0) is 37.1 Å². The lowest BCUT2D eigenvalue weighted by Crippen LogP contribution is -2.16. The minimum Gasteiger partial charge on any atom is -0.381 e. The van der Waals surface area contributed by atoms with Gasteiger partial charge in [-0.15, -0.1) is 0 Å². The first-order valence-electron chi connectivity index (χ1n) is 7.61. The third kappa shape index (κ3) is 3.79. The number of carbonyl (C=O) groups is 1. The Bertz CT molecular complexity index is 679. The van der Waals surface area contributed by atoms with E-state index in [1.54, 1.807) is 12.3 Å². The molecular weight excluding hydrogens is 317 g/mol. The minimum atomic E-state index is -0.658. The SMILES string of the molecule is O=C(Nc1ccc(NC2CCCC2)cn1)c1c(F)cccc1Cl. The summed E-state index contributed by atoms with van der Waals surface area (Å²) < 4.78 is 13.7. The molecule has 1 amide bonds. The van der Waals surface area contributed by atoms with Gasteiger partial charge in [-0.25, -0.2) is 9.37 Å². The van der Waals surface area contributed by atoms with Crippen molar-refractivity contribution in [3.05, 3.63) is 52.9 Å². The third-order valence-electron chi connectivity index (χ3n) is 3.92. The third-order valence-corrected chi connectivity index (χ3v) is 4.24. The molecule has 1 aliphatic rings. The van der Waals surface area contributed by atoms with E-state index in [1.807, 2.05) is 6.07 Å². The number of anilines is 2. The van der Waals surface area contributed by atoms with Crippen molar-refractivity contribution in [3.8, 4) is 0 Å². The molecule has 2 N–H and O–H groups in total. The van der Waals surface area contributed by atoms with E-state index in [1.165, 1.54) is 43.9 Å². The highest BCUT2D eigenvalue weighted by molar-refractivity contribution is 6.34. The highest BCUT2D eigenvalue weighted by atomic mass is 35.5. The number of pyridine rings is 1. The van der Waals surface area contributed by atoms with Crippen LogP contribution in [-0.2, 0) is 0 Å². The molecule has 23 heavy (non-hydrogen) atoms. The number of nitrogens with zero attached hydrogens (tertiary/aromatic N) is 1. The summed E-state index contributed by atoms with van der Waals surface area (Å²) in [6, 6.07) is 8.16. The molecule has 0 saturated heterocycles. The number of carbonyl (C=O) groups excluding carboxylic acids is 1. The van der Waals surface area contributed by atoms with Crippen molar-refractivity contribution in [3.63, 3.8) is 0 Å². The van der Waals surface area contributed by atoms with E-state index in [2.05, 4.69) is 15.6 Å². The zero-order valence-electron chi connectivity index (χ0n) is 12.5. The van der Waals surface area contributed by atoms with Crippen LogP contribution in [0.2, 0.25) is 5.02 Å². The first-order valence-corrected chi connectivity index (χ1v) is 7.99. The van der Waals surface area contributed by atoms with Crippen molar-refractivity contribution < 1.29 is 9.18 Å². The van der Waals surface area contributed by atoms with Crippen LogP contribution in [0.1, 0.15) is 36.0 Å². The van der Waals surface area contributed by atoms with Gasteiger partial charge in [0.1, 0.15) is 11.6 Å². The Labute approximate surface area is 139 Å². The van der Waals surface area contributed by atoms with Crippen molar-refractivity contribution in [2.45, 2.75) is 31.7 Å². The van der Waals surface area contributed by atoms with E-state index in [4.69, 9.17) is 11.6 Å². The van der Waals surface area contributed by atoms with Crippen LogP contribution < -0.4 is 10.6 Å². The number of hydrogen-bond acceptors (Lipinski definition) is 3. The minimum absolute atomic E-state index is 0.0713. The fraction of sp³-hybridized carbons (Fsp3) is 0.294. The second-order valence-electron chi connectivity index (χ2n) is 5.61. The molecule has 6 heteroatoms. The summed E-state index contributed by atoms with van der Waals surface area (Å²) in [6.07, 6.45) is 6.51. The van der Waals surface area contributed by atoms with Crippen LogP contribution in [0.25, 0.3) is 0 Å². The zero-order chi connectivity index (χ0) is 16.2. The van der Waals surface area contributed by atoms with Crippen molar-refractivity contribution in [2.75, 3.05) is 10.6 Å². The van der Waals surface area contributed by atoms with Gasteiger partial charge >= 0.3 is 0 Å². The van der Waals surface area contributed by atoms with Gasteiger partial charge < -0.3 is 10.6 Å². The summed E-state index contributed by atoms with van der Waals surface area (Å²) in [6.45, 7) is 0. The molecule has 120 valence electrons. The zero-order valence-corrected chi connectivity index (χ0v) is 13.2. The summed E-state index contributed by atoms with van der Waals surface area (Å²) in [5.74, 6) is -0.919. The summed E-state index contributed by atoms with van der Waals surface area (Å²) in [4.78, 5) is 16.3. The second-order valence-corrected chi connectivity index (χ2v) is 6.02. The first-order chi connectivity index (χ1) is 11.1. The molecule has 0 aliphatic heterocycles. The molecule has 0 spiro atoms. The highest BCUT2D eigenvalue weighted by Gasteiger charge is 2.17. The average molecular weight is 334 g/mol. The van der Waals surface area contributed by atoms with E-state index in [0.29, 0.717) is 11.9 Å². The quantitative estimate of drug-likeness (QED) is 0.867. The van der Waals surface area contributed by atoms with Gasteiger partial charge in [0.15, 0.2) is 0 Å². The molecule has 0 atom stereocenters. The van der Waals surface area contributed by atoms with Gasteiger partial charge in [0, 0.05) is 6.04 Å². The first kappa shape index (κ1) is 15.7. The lowest BCUT2D eigenvalue weighted by atomic mass is 10.2. The maximum Gasteiger partial charge on any atom is 0.261 e. The molecular formula is C17H17ClFN3O. The van der Waals surface area contributed by atoms with Crippen LogP contribution in [0.15, 0.2) is 36.5 Å². The van der Waals surface area contributed by atoms with Crippen molar-refractivity contribution in [1.82, 2.24) is 4.98 Å². The maximum atomic E-state index is 13.7. The Kier molecular flexibility index (Phi) is 4.76. The van der Waals surface area contributed by atoms with Crippen LogP contribution >= 0.6 is 11.6 Å². The maximum absolute atomic E-state index is 13.7. The predicted molar refractivity (Wildman–Crippen MR) is 89.5 cm³/mol. The summed E-state index contributed by atoms with van der Waals surface area (Å²) in [5.41, 5.74) is 0.739. The van der Waals surface area contributed by atoms with Gasteiger partial charge in [0.25, 0.3) is 5.91 Å². The number of benzene rings is 1. The van der Waals surface area contributed by atoms with Crippen LogP contribution in [0.3, 0.4) is 0 Å². The van der Waals surface area contributed by atoms with E-state index in [9.17, 15) is 9.18 Å². The lowest BCUT2D eigenvalue weighted by molar-refractivity contribution is 0.102. The molecule has 0 radical (unpaired) electrons. The van der Waals surface area contributed by atoms with Crippen LogP contribution in [0, 0.1) is 5.82 Å². The van der Waals surface area contributed by atoms with Gasteiger partial charge in [-0.2, -0.15) is 0 Å². The van der Waals surface area contributed by atoms with Crippen LogP contribution in [0.5, 0.6) is 0 Å². The van der Waals surface area contributed by atoms with Crippen LogP contribution in [0.4, 0.5) is 15.9 Å². The number of amides is 1. The lowest BCUT2D eigenvalue weighted by Gasteiger charge is -2.13. The van der Waals surface area contributed by atoms with Gasteiger partial charge in [-0.3, -0.25) is 4.79 Å². The average Bonchev–Trinajstić information content (AvgIpc) is 3.02. The monoisotopic (exact) mass is 333 g/mol. The molecule has 0 unspecified atom stereocenters. The molecule has 1 saturated carbocycles. The second kappa shape index (κ2) is 6.96. The Balaban J connectivity index is 1.67. The predicted octanol–water partition coefficient (Wildman–Crippen LogP) is 4.48. The Hall–Kier alpha value is -2.14. The van der Waals surface area contributed by atoms with Gasteiger partial charge in [-0.1, -0.05) is 30.5 Å². The standard InChI is InChI=1S/C17H17ClFN3O/c18-13-6-3-7-14(19)16(13)17(23)22-15-9-8-12(10-20-15)21-11-4-1-2-5-11/h3,6-11,21H,1-2,4-5H2,(H,20,22,23). The Morgan fingerprint density at radius 3 is 2.65 bits per heavy atom. The highest BCUT2D eigenvalue weighted by Crippen LogP contribution is 2.23. The van der Waals surface area contributed by atoms with Crippen molar-refractivity contribution in [1.29, 1.82) is 0 Å². The number of rotatable bonds is 4. The van der Waals surface area contributed by atoms with E-state index < -0.39 is 11.7 Å². The fourth-order valence-corrected chi connectivity index (χ4v) is 3.00. The van der Waals surface area contributed by atoms with E-state index in [-0.39, 0.29) is 10.6 Å². The van der Waals surface area contributed by atoms with Gasteiger partial charge in [0.05, 0.1) is 22.5 Å². The Morgan fingerprint density at radius 1 is 1.22 bits per heavy atom. The molecule has 2 aromatic rings. The topological polar surface area (TPSA) is 54.0 Å². The van der Waals surface area contributed by atoms with Crippen LogP contribution in [-0.4, -0.2) is 16.9 Å². The molecule has 0 bridgehead atoms. The van der Waals surface area contributed by atoms with E-state index in [0.717, 1.165) is 5.69 Å². The molecule has 1 aliphatic carbocycles. The number of hydrogen-bond donors (Lipinski definition) is 2. The number of halogens is 2. The summed E-state index contributed by atoms with van der Waals surface area (Å²) in [7, 11) is 0. The molecule has 1 aromatic heterocycles. The summed E-state index contributed by atoms with van der Waals surface area (Å²) in [5, 5.41) is 6.04. The van der Waals surface area contributed by atoms with Gasteiger partial charge in [0.2, 0.25) is 0 Å². The molecule has 1 aromatic carbocycles. The largest absolute Gasteiger partial charge is 0.381 e. The van der Waals surface area contributed by atoms with Crippen molar-refractivity contribution >= 4 is 29.0 Å². The van der Waals surface area contributed by atoms with E-state index >= 15 is 0 Å².